The van der Waals surface area contributed by atoms with Crippen LogP contribution in [0, 0.1) is 5.92 Å². The van der Waals surface area contributed by atoms with Crippen LogP contribution in [-0.4, -0.2) is 154 Å². The topological polar surface area (TPSA) is 372 Å². The van der Waals surface area contributed by atoms with Crippen molar-refractivity contribution in [2.24, 2.45) is 26.4 Å². The first-order chi connectivity index (χ1) is 23.8. The van der Waals surface area contributed by atoms with Crippen molar-refractivity contribution >= 4 is 0 Å². The largest absolute Gasteiger partial charge is 0.394 e. The van der Waals surface area contributed by atoms with Gasteiger partial charge in [-0.1, -0.05) is 27.4 Å². The molecule has 26 heteroatoms. The van der Waals surface area contributed by atoms with Crippen LogP contribution in [-0.2, 0) is 28.4 Å². The molecule has 6 N–H and O–H groups in total. The zero-order valence-corrected chi connectivity index (χ0v) is 26.1. The van der Waals surface area contributed by atoms with Gasteiger partial charge in [-0.2, -0.15) is 0 Å². The van der Waals surface area contributed by atoms with Gasteiger partial charge in [0.25, 0.3) is 5.92 Å². The van der Waals surface area contributed by atoms with E-state index in [0.717, 1.165) is 0 Å². The van der Waals surface area contributed by atoms with E-state index in [1.54, 1.807) is 0 Å². The van der Waals surface area contributed by atoms with Gasteiger partial charge < -0.3 is 59.1 Å². The van der Waals surface area contributed by atoms with E-state index in [1.165, 1.54) is 6.92 Å². The van der Waals surface area contributed by atoms with Crippen LogP contribution < -0.4 is 0 Å². The molecular weight excluding hydrogens is 686 g/mol. The lowest BCUT2D eigenvalue weighted by molar-refractivity contribution is -0.334. The van der Waals surface area contributed by atoms with Crippen LogP contribution in [0.2, 0.25) is 0 Å². The maximum atomic E-state index is 15.3. The summed E-state index contributed by atoms with van der Waals surface area (Å²) in [5, 5.41) is 76.3. The fourth-order valence-corrected chi connectivity index (χ4v) is 6.31. The SMILES string of the molecule is C[C@H]1CC(N=[N+]=[N-])[C@H](O)[C@@H](O[C@@H]2O[C@H](CO)[C@@H](O[C@@H]3C[C@@H](O)[C@H](O)[C@H](CN=[N+]=[N-])O3)[C@H]2O)[C@@H]1O[C@H]1O[C@H](CN=[N+]=[N-])[C@@H](O)C(F)(F)C1N=[N+]=[N-]. The lowest BCUT2D eigenvalue weighted by Crippen LogP contribution is -2.65. The van der Waals surface area contributed by atoms with E-state index < -0.39 is 123 Å². The number of halogens is 2. The Hall–Kier alpha value is -3.38. The van der Waals surface area contributed by atoms with Crippen LogP contribution in [0.4, 0.5) is 8.78 Å². The van der Waals surface area contributed by atoms with E-state index in [9.17, 15) is 30.6 Å². The fraction of sp³-hybridized carbons (Fsp3) is 1.00. The number of aliphatic hydroxyl groups is 6. The molecule has 0 spiro atoms. The molecule has 50 heavy (non-hydrogen) atoms. The lowest BCUT2D eigenvalue weighted by Gasteiger charge is -2.48. The Balaban J connectivity index is 1.59. The molecule has 2 unspecified atom stereocenters. The standard InChI is InChI=1S/C24H36F2N12O12/c1-7-2-8(33-37-29)14(41)19(17(7)49-23-20(34-38-30)24(25,26)21(44)11(46-23)5-32-36-28)50-22-16(43)18(12(6-39)47-22)48-13-3-9(40)15(42)10(45-13)4-31-35-27/h7-23,39-44H,2-6H2,1H3/t7-,8?,9+,10-,11+,12+,13+,14-,15-,16+,17+,18+,19+,20?,21+,22-,23+/m0/s1. The van der Waals surface area contributed by atoms with Gasteiger partial charge in [0.15, 0.2) is 24.9 Å². The van der Waals surface area contributed by atoms with Crippen molar-refractivity contribution in [1.29, 1.82) is 0 Å². The summed E-state index contributed by atoms with van der Waals surface area (Å²) in [4.78, 5) is 10.2. The summed E-state index contributed by atoms with van der Waals surface area (Å²) in [5.74, 6) is -4.96. The number of azide groups is 4. The molecule has 0 aromatic rings. The highest BCUT2D eigenvalue weighted by atomic mass is 19.3. The normalized spacial score (nSPS) is 44.1. The van der Waals surface area contributed by atoms with Crippen molar-refractivity contribution < 1.29 is 67.8 Å². The third-order valence-corrected chi connectivity index (χ3v) is 8.86. The first kappa shape index (κ1) is 39.4. The van der Waals surface area contributed by atoms with E-state index in [0.29, 0.717) is 0 Å². The molecule has 1 aliphatic carbocycles. The highest BCUT2D eigenvalue weighted by molar-refractivity contribution is 5.03. The number of hydrogen-bond donors (Lipinski definition) is 6. The number of hydrogen-bond acceptors (Lipinski definition) is 16. The molecule has 0 bridgehead atoms. The molecule has 3 saturated heterocycles. The lowest BCUT2D eigenvalue weighted by atomic mass is 9.80. The second-order valence-electron chi connectivity index (χ2n) is 12.0. The zero-order chi connectivity index (χ0) is 36.7. The third-order valence-electron chi connectivity index (χ3n) is 8.86. The Kier molecular flexibility index (Phi) is 13.6. The highest BCUT2D eigenvalue weighted by Gasteiger charge is 2.60. The van der Waals surface area contributed by atoms with Crippen LogP contribution >= 0.6 is 0 Å². The first-order valence-corrected chi connectivity index (χ1v) is 15.2. The van der Waals surface area contributed by atoms with Crippen molar-refractivity contribution in [2.75, 3.05) is 19.7 Å². The third kappa shape index (κ3) is 8.39. The van der Waals surface area contributed by atoms with Crippen molar-refractivity contribution in [1.82, 2.24) is 0 Å². The van der Waals surface area contributed by atoms with E-state index >= 15 is 8.78 Å². The van der Waals surface area contributed by atoms with Crippen molar-refractivity contribution in [3.05, 3.63) is 41.8 Å². The molecule has 4 fully saturated rings. The van der Waals surface area contributed by atoms with Gasteiger partial charge in [0.2, 0.25) is 0 Å². The summed E-state index contributed by atoms with van der Waals surface area (Å²) in [5.41, 5.74) is 35.4. The summed E-state index contributed by atoms with van der Waals surface area (Å²) < 4.78 is 64.9. The minimum absolute atomic E-state index is 0.0842. The summed E-state index contributed by atoms with van der Waals surface area (Å²) in [7, 11) is 0. The average Bonchev–Trinajstić information content (AvgIpc) is 3.37. The van der Waals surface area contributed by atoms with Crippen molar-refractivity contribution in [2.45, 2.75) is 124 Å². The molecule has 0 aromatic carbocycles. The monoisotopic (exact) mass is 722 g/mol. The number of nitrogens with zero attached hydrogens (tertiary/aromatic N) is 12. The Bertz CT molecular complexity index is 1370. The van der Waals surface area contributed by atoms with E-state index in [-0.39, 0.29) is 19.4 Å². The highest BCUT2D eigenvalue weighted by Crippen LogP contribution is 2.41. The maximum Gasteiger partial charge on any atom is 0.289 e. The summed E-state index contributed by atoms with van der Waals surface area (Å²) in [6.07, 6.45) is -23.4. The molecule has 3 aliphatic heterocycles. The first-order valence-electron chi connectivity index (χ1n) is 15.2. The predicted molar refractivity (Wildman–Crippen MR) is 155 cm³/mol. The molecule has 4 rings (SSSR count). The van der Waals surface area contributed by atoms with Gasteiger partial charge in [-0.15, -0.1) is 0 Å². The van der Waals surface area contributed by atoms with Gasteiger partial charge in [0.05, 0.1) is 56.3 Å². The molecule has 0 aromatic heterocycles. The maximum absolute atomic E-state index is 15.3. The van der Waals surface area contributed by atoms with E-state index in [1.807, 2.05) is 0 Å². The molecule has 0 amide bonds. The van der Waals surface area contributed by atoms with Gasteiger partial charge in [0, 0.05) is 26.1 Å². The van der Waals surface area contributed by atoms with Crippen molar-refractivity contribution in [3.8, 4) is 0 Å². The van der Waals surface area contributed by atoms with Crippen LogP contribution in [0.25, 0.3) is 41.8 Å². The molecule has 24 nitrogen and oxygen atoms in total. The average molecular weight is 723 g/mol. The number of ether oxygens (including phenoxy) is 6. The van der Waals surface area contributed by atoms with Gasteiger partial charge in [-0.05, 0) is 34.5 Å². The van der Waals surface area contributed by atoms with E-state index in [2.05, 4.69) is 40.1 Å². The summed E-state index contributed by atoms with van der Waals surface area (Å²) in [6, 6.07) is -3.64. The molecule has 3 heterocycles. The number of rotatable bonds is 13. The van der Waals surface area contributed by atoms with Gasteiger partial charge in [0.1, 0.15) is 36.6 Å². The molecule has 0 radical (unpaired) electrons. The van der Waals surface area contributed by atoms with Crippen LogP contribution in [0.1, 0.15) is 19.8 Å². The Morgan fingerprint density at radius 3 is 1.96 bits per heavy atom. The molecule has 17 atom stereocenters. The Morgan fingerprint density at radius 2 is 1.34 bits per heavy atom. The minimum Gasteiger partial charge on any atom is -0.394 e. The van der Waals surface area contributed by atoms with Crippen LogP contribution in [0.5, 0.6) is 0 Å². The molecule has 1 saturated carbocycles. The summed E-state index contributed by atoms with van der Waals surface area (Å²) in [6.45, 7) is -0.386. The zero-order valence-electron chi connectivity index (χ0n) is 26.1. The van der Waals surface area contributed by atoms with Crippen LogP contribution in [0.15, 0.2) is 20.5 Å². The summed E-state index contributed by atoms with van der Waals surface area (Å²) >= 11 is 0. The second-order valence-corrected chi connectivity index (χ2v) is 12.0. The second kappa shape index (κ2) is 17.2. The minimum atomic E-state index is -4.17. The number of alkyl halides is 2. The predicted octanol–water partition coefficient (Wildman–Crippen LogP) is 0.157. The van der Waals surface area contributed by atoms with Gasteiger partial charge >= 0.3 is 0 Å². The molecule has 278 valence electrons. The Morgan fingerprint density at radius 1 is 0.720 bits per heavy atom. The van der Waals surface area contributed by atoms with Gasteiger partial charge in [-0.3, -0.25) is 0 Å². The number of aliphatic hydroxyl groups excluding tert-OH is 6. The smallest absolute Gasteiger partial charge is 0.289 e. The molecule has 4 aliphatic rings. The van der Waals surface area contributed by atoms with Gasteiger partial charge in [-0.25, -0.2) is 8.78 Å². The quantitative estimate of drug-likeness (QED) is 0.0841. The Labute approximate surface area is 279 Å². The van der Waals surface area contributed by atoms with Crippen molar-refractivity contribution in [3.63, 3.8) is 0 Å². The van der Waals surface area contributed by atoms with E-state index in [4.69, 9.17) is 50.5 Å². The fourth-order valence-electron chi connectivity index (χ4n) is 6.31. The molecular formula is C24H36F2N12O12. The van der Waals surface area contributed by atoms with Crippen LogP contribution in [0.3, 0.4) is 0 Å².